The molecule has 0 spiro atoms. The number of hydrogen-bond donors (Lipinski definition) is 3. The van der Waals surface area contributed by atoms with E-state index in [1.807, 2.05) is 0 Å². The normalized spacial score (nSPS) is 11.8. The molecule has 8 nitrogen and oxygen atoms in total. The highest BCUT2D eigenvalue weighted by atomic mass is 32.2. The Bertz CT molecular complexity index is 1080. The molecule has 3 rings (SSSR count). The van der Waals surface area contributed by atoms with Gasteiger partial charge in [0.1, 0.15) is 5.82 Å². The molecule has 0 saturated heterocycles. The van der Waals surface area contributed by atoms with Crippen molar-refractivity contribution in [3.8, 4) is 0 Å². The molecule has 164 valence electrons. The van der Waals surface area contributed by atoms with E-state index in [1.54, 1.807) is 36.7 Å². The average molecular weight is 452 g/mol. The van der Waals surface area contributed by atoms with E-state index in [1.165, 1.54) is 0 Å². The Hall–Kier alpha value is -3.25. The number of rotatable bonds is 9. The van der Waals surface area contributed by atoms with E-state index in [0.717, 1.165) is 30.0 Å². The number of pyridine rings is 1. The number of nitrogens with zero attached hydrogens (tertiary/aromatic N) is 3. The van der Waals surface area contributed by atoms with Crippen molar-refractivity contribution in [3.63, 3.8) is 0 Å². The molecule has 0 aliphatic carbocycles. The summed E-state index contributed by atoms with van der Waals surface area (Å²) in [5.41, 5.74) is 0.248. The highest BCUT2D eigenvalue weighted by molar-refractivity contribution is 7.88. The van der Waals surface area contributed by atoms with Crippen LogP contribution in [0.2, 0.25) is 0 Å². The summed E-state index contributed by atoms with van der Waals surface area (Å²) < 4.78 is 64.3. The van der Waals surface area contributed by atoms with E-state index in [9.17, 15) is 21.6 Å². The molecule has 0 radical (unpaired) electrons. The van der Waals surface area contributed by atoms with Crippen molar-refractivity contribution in [1.29, 1.82) is 0 Å². The molecule has 0 unspecified atom stereocenters. The van der Waals surface area contributed by atoms with Gasteiger partial charge in [0.2, 0.25) is 10.0 Å². The molecule has 1 aromatic carbocycles. The van der Waals surface area contributed by atoms with Gasteiger partial charge in [-0.3, -0.25) is 4.98 Å². The van der Waals surface area contributed by atoms with E-state index in [-0.39, 0.29) is 18.7 Å². The lowest BCUT2D eigenvalue weighted by Crippen LogP contribution is -2.30. The summed E-state index contributed by atoms with van der Waals surface area (Å²) >= 11 is 0. The van der Waals surface area contributed by atoms with E-state index >= 15 is 0 Å². The second-order valence-corrected chi connectivity index (χ2v) is 8.25. The first kappa shape index (κ1) is 22.4. The largest absolute Gasteiger partial charge is 0.416 e. The number of anilines is 3. The number of hydrogen-bond acceptors (Lipinski definition) is 7. The van der Waals surface area contributed by atoms with Crippen molar-refractivity contribution >= 4 is 27.3 Å². The van der Waals surface area contributed by atoms with E-state index in [2.05, 4.69) is 30.5 Å². The number of halogens is 3. The minimum Gasteiger partial charge on any atom is -0.367 e. The Balaban J connectivity index is 1.43. The molecule has 0 bridgehead atoms. The smallest absolute Gasteiger partial charge is 0.367 e. The van der Waals surface area contributed by atoms with E-state index in [4.69, 9.17) is 0 Å². The lowest BCUT2D eigenvalue weighted by molar-refractivity contribution is -0.137. The third-order valence-electron chi connectivity index (χ3n) is 4.01. The molecule has 0 saturated carbocycles. The monoisotopic (exact) mass is 452 g/mol. The van der Waals surface area contributed by atoms with Gasteiger partial charge in [-0.05, 0) is 42.0 Å². The molecule has 0 aliphatic heterocycles. The maximum Gasteiger partial charge on any atom is 0.416 e. The van der Waals surface area contributed by atoms with Gasteiger partial charge in [0.05, 0.1) is 11.3 Å². The summed E-state index contributed by atoms with van der Waals surface area (Å²) in [7, 11) is -3.70. The number of nitrogens with one attached hydrogen (secondary N) is 3. The summed E-state index contributed by atoms with van der Waals surface area (Å²) in [5, 5.41) is 14.0. The standard InChI is InChI=1S/C19H19F3N6O2S/c20-19(21,22)15-3-1-14(2-4-15)13-31(29,30)25-12-11-24-17-5-6-18(28-27-17)26-16-7-9-23-10-8-16/h1-10,25H,11-13H2,(H,24,27)(H,23,26,28). The fourth-order valence-electron chi connectivity index (χ4n) is 2.53. The van der Waals surface area contributed by atoms with Crippen LogP contribution in [0, 0.1) is 0 Å². The molecule has 31 heavy (non-hydrogen) atoms. The molecular formula is C19H19F3N6O2S. The molecule has 2 heterocycles. The quantitative estimate of drug-likeness (QED) is 0.428. The van der Waals surface area contributed by atoms with Crippen LogP contribution in [0.3, 0.4) is 0 Å². The van der Waals surface area contributed by atoms with Crippen molar-refractivity contribution in [2.24, 2.45) is 0 Å². The summed E-state index contributed by atoms with van der Waals surface area (Å²) in [6, 6.07) is 11.0. The number of alkyl halides is 3. The second-order valence-electron chi connectivity index (χ2n) is 6.44. The van der Waals surface area contributed by atoms with Gasteiger partial charge in [-0.2, -0.15) is 13.2 Å². The molecule has 12 heteroatoms. The first-order chi connectivity index (χ1) is 14.7. The predicted molar refractivity (Wildman–Crippen MR) is 110 cm³/mol. The summed E-state index contributed by atoms with van der Waals surface area (Å²) in [5.74, 6) is 0.580. The minimum atomic E-state index is -4.46. The Labute approximate surface area is 177 Å². The van der Waals surface area contributed by atoms with Gasteiger partial charge in [0, 0.05) is 31.2 Å². The topological polar surface area (TPSA) is 109 Å². The Kier molecular flexibility index (Phi) is 7.02. The van der Waals surface area contributed by atoms with Crippen LogP contribution in [0.5, 0.6) is 0 Å². The SMILES string of the molecule is O=S(=O)(Cc1ccc(C(F)(F)F)cc1)NCCNc1ccc(Nc2ccncc2)nn1. The molecule has 3 aromatic rings. The number of sulfonamides is 1. The Morgan fingerprint density at radius 3 is 2.10 bits per heavy atom. The summed E-state index contributed by atoms with van der Waals surface area (Å²) in [4.78, 5) is 3.92. The molecule has 0 atom stereocenters. The summed E-state index contributed by atoms with van der Waals surface area (Å²) in [6.07, 6.45) is -1.17. The van der Waals surface area contributed by atoms with Crippen molar-refractivity contribution < 1.29 is 21.6 Å². The Morgan fingerprint density at radius 2 is 1.48 bits per heavy atom. The van der Waals surface area contributed by atoms with Gasteiger partial charge >= 0.3 is 6.18 Å². The highest BCUT2D eigenvalue weighted by Gasteiger charge is 2.30. The number of aromatic nitrogens is 3. The molecule has 0 aliphatic rings. The molecule has 2 aromatic heterocycles. The average Bonchev–Trinajstić information content (AvgIpc) is 2.73. The van der Waals surface area contributed by atoms with Gasteiger partial charge in [0.25, 0.3) is 0 Å². The highest BCUT2D eigenvalue weighted by Crippen LogP contribution is 2.29. The van der Waals surface area contributed by atoms with Gasteiger partial charge in [-0.1, -0.05) is 12.1 Å². The molecule has 3 N–H and O–H groups in total. The van der Waals surface area contributed by atoms with Crippen LogP contribution in [-0.4, -0.2) is 36.7 Å². The van der Waals surface area contributed by atoms with Crippen LogP contribution < -0.4 is 15.4 Å². The maximum atomic E-state index is 12.6. The van der Waals surface area contributed by atoms with Gasteiger partial charge in [-0.25, -0.2) is 13.1 Å². The van der Waals surface area contributed by atoms with Crippen LogP contribution in [0.4, 0.5) is 30.5 Å². The lowest BCUT2D eigenvalue weighted by atomic mass is 10.1. The van der Waals surface area contributed by atoms with Crippen LogP contribution in [-0.2, 0) is 22.0 Å². The minimum absolute atomic E-state index is 0.0711. The van der Waals surface area contributed by atoms with Gasteiger partial charge < -0.3 is 10.6 Å². The fraction of sp³-hybridized carbons (Fsp3) is 0.211. The van der Waals surface area contributed by atoms with Crippen LogP contribution in [0.15, 0.2) is 60.9 Å². The zero-order chi connectivity index (χ0) is 22.3. The van der Waals surface area contributed by atoms with Crippen LogP contribution in [0.1, 0.15) is 11.1 Å². The molecular weight excluding hydrogens is 433 g/mol. The molecule has 0 amide bonds. The third-order valence-corrected chi connectivity index (χ3v) is 5.37. The van der Waals surface area contributed by atoms with Crippen molar-refractivity contribution in [3.05, 3.63) is 72.1 Å². The predicted octanol–water partition coefficient (Wildman–Crippen LogP) is 3.17. The molecule has 0 fully saturated rings. The van der Waals surface area contributed by atoms with Crippen LogP contribution in [0.25, 0.3) is 0 Å². The van der Waals surface area contributed by atoms with Gasteiger partial charge in [0.15, 0.2) is 5.82 Å². The summed E-state index contributed by atoms with van der Waals surface area (Å²) in [6.45, 7) is 0.319. The van der Waals surface area contributed by atoms with Crippen molar-refractivity contribution in [2.75, 3.05) is 23.7 Å². The zero-order valence-corrected chi connectivity index (χ0v) is 16.9. The first-order valence-electron chi connectivity index (χ1n) is 9.09. The lowest BCUT2D eigenvalue weighted by Gasteiger charge is -2.10. The third kappa shape index (κ3) is 7.19. The van der Waals surface area contributed by atoms with Crippen molar-refractivity contribution in [1.82, 2.24) is 19.9 Å². The first-order valence-corrected chi connectivity index (χ1v) is 10.7. The van der Waals surface area contributed by atoms with E-state index in [0.29, 0.717) is 11.6 Å². The fourth-order valence-corrected chi connectivity index (χ4v) is 3.68. The maximum absolute atomic E-state index is 12.6. The zero-order valence-electron chi connectivity index (χ0n) is 16.1. The van der Waals surface area contributed by atoms with Crippen LogP contribution >= 0.6 is 0 Å². The second kappa shape index (κ2) is 9.71. The van der Waals surface area contributed by atoms with Crippen molar-refractivity contribution in [2.45, 2.75) is 11.9 Å². The Morgan fingerprint density at radius 1 is 0.839 bits per heavy atom. The van der Waals surface area contributed by atoms with Gasteiger partial charge in [-0.15, -0.1) is 10.2 Å². The number of benzene rings is 1. The van der Waals surface area contributed by atoms with E-state index < -0.39 is 27.5 Å².